The highest BCUT2D eigenvalue weighted by Crippen LogP contribution is 2.14. The Morgan fingerprint density at radius 3 is 2.43 bits per heavy atom. The van der Waals surface area contributed by atoms with Crippen molar-refractivity contribution < 1.29 is 19.5 Å². The Hall–Kier alpha value is -2.08. The number of hydrogen-bond donors (Lipinski definition) is 2. The van der Waals surface area contributed by atoms with Gasteiger partial charge in [-0.25, -0.2) is 4.79 Å². The zero-order valence-electron chi connectivity index (χ0n) is 13.2. The van der Waals surface area contributed by atoms with E-state index in [2.05, 4.69) is 5.32 Å². The van der Waals surface area contributed by atoms with Crippen molar-refractivity contribution in [1.29, 1.82) is 0 Å². The van der Waals surface area contributed by atoms with Crippen molar-refractivity contribution in [2.75, 3.05) is 5.75 Å². The van der Waals surface area contributed by atoms with E-state index in [9.17, 15) is 14.4 Å². The Labute approximate surface area is 140 Å². The molecule has 1 rings (SSSR count). The maximum absolute atomic E-state index is 12.4. The highest BCUT2D eigenvalue weighted by Gasteiger charge is 2.21. The second kappa shape index (κ2) is 9.84. The number of carboxylic acid groups (broad SMARTS) is 1. The van der Waals surface area contributed by atoms with Gasteiger partial charge in [0.15, 0.2) is 5.12 Å². The van der Waals surface area contributed by atoms with Crippen LogP contribution in [0.15, 0.2) is 35.9 Å². The molecule has 0 radical (unpaired) electrons. The molecule has 124 valence electrons. The summed E-state index contributed by atoms with van der Waals surface area (Å²) in [5.41, 5.74) is 1.20. The fraction of sp³-hybridized carbons (Fsp3) is 0.353. The molecule has 0 spiro atoms. The first-order chi connectivity index (χ1) is 10.9. The van der Waals surface area contributed by atoms with E-state index in [4.69, 9.17) is 5.11 Å². The molecular formula is C17H21NO4S. The predicted molar refractivity (Wildman–Crippen MR) is 92.0 cm³/mol. The highest BCUT2D eigenvalue weighted by molar-refractivity contribution is 8.13. The smallest absolute Gasteiger partial charge is 0.326 e. The van der Waals surface area contributed by atoms with Gasteiger partial charge in [0.05, 0.1) is 0 Å². The molecule has 0 aliphatic heterocycles. The molecule has 0 aromatic heterocycles. The first-order valence-electron chi connectivity index (χ1n) is 7.36. The van der Waals surface area contributed by atoms with Crippen molar-refractivity contribution in [1.82, 2.24) is 5.32 Å². The first-order valence-corrected chi connectivity index (χ1v) is 8.35. The molecule has 0 aliphatic rings. The second-order valence-electron chi connectivity index (χ2n) is 5.01. The van der Waals surface area contributed by atoms with Crippen molar-refractivity contribution in [2.24, 2.45) is 0 Å². The lowest BCUT2D eigenvalue weighted by molar-refractivity contribution is -0.141. The molecule has 0 heterocycles. The minimum atomic E-state index is -1.06. The number of thioether (sulfide) groups is 1. The average Bonchev–Trinajstić information content (AvgIpc) is 2.51. The van der Waals surface area contributed by atoms with Gasteiger partial charge in [0.1, 0.15) is 6.04 Å². The summed E-state index contributed by atoms with van der Waals surface area (Å²) >= 11 is 1.02. The van der Waals surface area contributed by atoms with Gasteiger partial charge in [0.2, 0.25) is 5.91 Å². The van der Waals surface area contributed by atoms with Gasteiger partial charge in [-0.2, -0.15) is 0 Å². The first kappa shape index (κ1) is 19.0. The molecule has 6 heteroatoms. The Balaban J connectivity index is 2.94. The summed E-state index contributed by atoms with van der Waals surface area (Å²) < 4.78 is 0. The number of hydrogen-bond acceptors (Lipinski definition) is 4. The lowest BCUT2D eigenvalue weighted by Gasteiger charge is -2.15. The molecular weight excluding hydrogens is 314 g/mol. The summed E-state index contributed by atoms with van der Waals surface area (Å²) in [6, 6.07) is 8.31. The van der Waals surface area contributed by atoms with Crippen LogP contribution in [0.5, 0.6) is 0 Å². The summed E-state index contributed by atoms with van der Waals surface area (Å²) in [5, 5.41) is 11.6. The van der Waals surface area contributed by atoms with E-state index in [1.54, 1.807) is 6.08 Å². The van der Waals surface area contributed by atoms with Crippen LogP contribution in [0.4, 0.5) is 0 Å². The standard InChI is InChI=1S/C17H21NO4S/c1-3-7-15(17(21)22)18-16(20)14(11-23-12(2)19)10-13-8-5-4-6-9-13/h4-6,8-10,15H,3,7,11H2,1-2H3,(H,18,20)(H,21,22)/b14-10-/t15-/m0/s1. The number of amides is 1. The van der Waals surface area contributed by atoms with E-state index in [1.807, 2.05) is 37.3 Å². The number of carbonyl (C=O) groups excluding carboxylic acids is 2. The maximum atomic E-state index is 12.4. The molecule has 2 N–H and O–H groups in total. The summed E-state index contributed by atoms with van der Waals surface area (Å²) in [5.74, 6) is -1.31. The fourth-order valence-electron chi connectivity index (χ4n) is 1.90. The topological polar surface area (TPSA) is 83.5 Å². The van der Waals surface area contributed by atoms with Crippen LogP contribution in [0.25, 0.3) is 6.08 Å². The molecule has 0 saturated carbocycles. The molecule has 0 unspecified atom stereocenters. The number of carboxylic acids is 1. The Bertz CT molecular complexity index is 584. The van der Waals surface area contributed by atoms with Crippen LogP contribution in [-0.4, -0.2) is 33.9 Å². The van der Waals surface area contributed by atoms with Crippen molar-refractivity contribution >= 4 is 34.8 Å². The minimum Gasteiger partial charge on any atom is -0.480 e. The quantitative estimate of drug-likeness (QED) is 0.714. The van der Waals surface area contributed by atoms with Crippen molar-refractivity contribution in [2.45, 2.75) is 32.7 Å². The van der Waals surface area contributed by atoms with Crippen LogP contribution in [0, 0.1) is 0 Å². The van der Waals surface area contributed by atoms with Gasteiger partial charge in [-0.15, -0.1) is 0 Å². The molecule has 1 aromatic carbocycles. The summed E-state index contributed by atoms with van der Waals surface area (Å²) in [7, 11) is 0. The van der Waals surface area contributed by atoms with Gasteiger partial charge in [0, 0.05) is 18.2 Å². The van der Waals surface area contributed by atoms with Crippen LogP contribution in [-0.2, 0) is 14.4 Å². The van der Waals surface area contributed by atoms with Crippen molar-refractivity contribution in [3.63, 3.8) is 0 Å². The predicted octanol–water partition coefficient (Wildman–Crippen LogP) is 2.72. The minimum absolute atomic E-state index is 0.0971. The number of nitrogens with one attached hydrogen (secondary N) is 1. The van der Waals surface area contributed by atoms with Crippen LogP contribution < -0.4 is 5.32 Å². The number of benzene rings is 1. The molecule has 0 fully saturated rings. The SMILES string of the molecule is CCC[C@H](NC(=O)/C(=C\c1ccccc1)CSC(C)=O)C(=O)O. The maximum Gasteiger partial charge on any atom is 0.326 e. The van der Waals surface area contributed by atoms with Gasteiger partial charge in [-0.05, 0) is 18.1 Å². The fourth-order valence-corrected chi connectivity index (χ4v) is 2.47. The molecule has 0 bridgehead atoms. The largest absolute Gasteiger partial charge is 0.480 e. The monoisotopic (exact) mass is 335 g/mol. The van der Waals surface area contributed by atoms with Crippen LogP contribution >= 0.6 is 11.8 Å². The molecule has 1 aromatic rings. The lowest BCUT2D eigenvalue weighted by Crippen LogP contribution is -2.41. The normalized spacial score (nSPS) is 12.5. The Morgan fingerprint density at radius 1 is 1.26 bits per heavy atom. The lowest BCUT2D eigenvalue weighted by atomic mass is 10.1. The highest BCUT2D eigenvalue weighted by atomic mass is 32.2. The van der Waals surface area contributed by atoms with Crippen LogP contribution in [0.1, 0.15) is 32.3 Å². The molecule has 23 heavy (non-hydrogen) atoms. The van der Waals surface area contributed by atoms with Crippen LogP contribution in [0.3, 0.4) is 0 Å². The second-order valence-corrected chi connectivity index (χ2v) is 6.17. The summed E-state index contributed by atoms with van der Waals surface area (Å²) in [6.07, 6.45) is 2.69. The number of rotatable bonds is 8. The number of carbonyl (C=O) groups is 3. The molecule has 1 amide bonds. The zero-order chi connectivity index (χ0) is 17.2. The Morgan fingerprint density at radius 2 is 1.91 bits per heavy atom. The summed E-state index contributed by atoms with van der Waals surface area (Å²) in [4.78, 5) is 34.7. The van der Waals surface area contributed by atoms with Gasteiger partial charge < -0.3 is 10.4 Å². The summed E-state index contributed by atoms with van der Waals surface area (Å²) in [6.45, 7) is 3.29. The third-order valence-corrected chi connectivity index (χ3v) is 3.91. The third-order valence-electron chi connectivity index (χ3n) is 3.04. The average molecular weight is 335 g/mol. The van der Waals surface area contributed by atoms with E-state index in [0.29, 0.717) is 18.4 Å². The third kappa shape index (κ3) is 7.15. The van der Waals surface area contributed by atoms with E-state index < -0.39 is 17.9 Å². The zero-order valence-corrected chi connectivity index (χ0v) is 14.1. The number of aliphatic carboxylic acids is 1. The van der Waals surface area contributed by atoms with E-state index >= 15 is 0 Å². The van der Waals surface area contributed by atoms with E-state index in [0.717, 1.165) is 17.3 Å². The van der Waals surface area contributed by atoms with Gasteiger partial charge in [0.25, 0.3) is 0 Å². The van der Waals surface area contributed by atoms with Crippen molar-refractivity contribution in [3.8, 4) is 0 Å². The molecule has 1 atom stereocenters. The van der Waals surface area contributed by atoms with Gasteiger partial charge >= 0.3 is 5.97 Å². The molecule has 5 nitrogen and oxygen atoms in total. The molecule has 0 aliphatic carbocycles. The van der Waals surface area contributed by atoms with E-state index in [-0.39, 0.29) is 10.9 Å². The molecule has 0 saturated heterocycles. The van der Waals surface area contributed by atoms with E-state index in [1.165, 1.54) is 6.92 Å². The van der Waals surface area contributed by atoms with Gasteiger partial charge in [-0.1, -0.05) is 55.4 Å². The Kier molecular flexibility index (Phi) is 8.11. The van der Waals surface area contributed by atoms with Crippen LogP contribution in [0.2, 0.25) is 0 Å². The van der Waals surface area contributed by atoms with Gasteiger partial charge in [-0.3, -0.25) is 9.59 Å². The van der Waals surface area contributed by atoms with Crippen molar-refractivity contribution in [3.05, 3.63) is 41.5 Å².